The van der Waals surface area contributed by atoms with Crippen molar-refractivity contribution in [3.63, 3.8) is 0 Å². The summed E-state index contributed by atoms with van der Waals surface area (Å²) in [5.74, 6) is 0.582. The smallest absolute Gasteiger partial charge is 0.154 e. The second-order valence-corrected chi connectivity index (χ2v) is 3.89. The van der Waals surface area contributed by atoms with Gasteiger partial charge >= 0.3 is 0 Å². The van der Waals surface area contributed by atoms with Crippen LogP contribution in [0.5, 0.6) is 0 Å². The van der Waals surface area contributed by atoms with Crippen molar-refractivity contribution in [2.45, 2.75) is 6.92 Å². The molecule has 2 rings (SSSR count). The standard InChI is InChI=1S/C8H8IN3/c1-4-2-3-5(9)6-7(4)11-12-8(6)10/h2-3H,1H3,(H3,10,11,12). The molecule has 1 aromatic heterocycles. The molecule has 0 fully saturated rings. The third-order valence-electron chi connectivity index (χ3n) is 1.91. The number of rotatable bonds is 0. The molecule has 12 heavy (non-hydrogen) atoms. The van der Waals surface area contributed by atoms with Crippen LogP contribution in [-0.4, -0.2) is 10.2 Å². The van der Waals surface area contributed by atoms with Gasteiger partial charge in [-0.25, -0.2) is 0 Å². The molecule has 0 aliphatic heterocycles. The molecule has 4 heteroatoms. The summed E-state index contributed by atoms with van der Waals surface area (Å²) in [6, 6.07) is 4.10. The van der Waals surface area contributed by atoms with Crippen molar-refractivity contribution in [1.29, 1.82) is 0 Å². The van der Waals surface area contributed by atoms with E-state index >= 15 is 0 Å². The number of hydrogen-bond donors (Lipinski definition) is 2. The van der Waals surface area contributed by atoms with Crippen molar-refractivity contribution in [2.24, 2.45) is 0 Å². The number of H-pyrrole nitrogens is 1. The Morgan fingerprint density at radius 1 is 1.50 bits per heavy atom. The lowest BCUT2D eigenvalue weighted by molar-refractivity contribution is 1.12. The van der Waals surface area contributed by atoms with Crippen molar-refractivity contribution in [1.82, 2.24) is 10.2 Å². The van der Waals surface area contributed by atoms with Gasteiger partial charge in [0.15, 0.2) is 5.82 Å². The highest BCUT2D eigenvalue weighted by Gasteiger charge is 2.07. The van der Waals surface area contributed by atoms with Crippen molar-refractivity contribution in [2.75, 3.05) is 5.73 Å². The van der Waals surface area contributed by atoms with Crippen molar-refractivity contribution >= 4 is 39.3 Å². The quantitative estimate of drug-likeness (QED) is 0.722. The van der Waals surface area contributed by atoms with E-state index in [1.807, 2.05) is 13.0 Å². The summed E-state index contributed by atoms with van der Waals surface area (Å²) >= 11 is 2.26. The number of nitrogens with two attached hydrogens (primary N) is 1. The van der Waals surface area contributed by atoms with Gasteiger partial charge in [0.25, 0.3) is 0 Å². The van der Waals surface area contributed by atoms with Crippen LogP contribution in [-0.2, 0) is 0 Å². The predicted octanol–water partition coefficient (Wildman–Crippen LogP) is 2.06. The Balaban J connectivity index is 2.98. The fraction of sp³-hybridized carbons (Fsp3) is 0.125. The Hall–Kier alpha value is -0.780. The van der Waals surface area contributed by atoms with Crippen molar-refractivity contribution in [3.8, 4) is 0 Å². The molecule has 1 heterocycles. The summed E-state index contributed by atoms with van der Waals surface area (Å²) in [6.45, 7) is 2.04. The van der Waals surface area contributed by atoms with Crippen LogP contribution in [0.25, 0.3) is 10.9 Å². The van der Waals surface area contributed by atoms with Crippen molar-refractivity contribution < 1.29 is 0 Å². The van der Waals surface area contributed by atoms with E-state index in [4.69, 9.17) is 5.73 Å². The van der Waals surface area contributed by atoms with Crippen LogP contribution in [0, 0.1) is 10.5 Å². The third kappa shape index (κ3) is 0.979. The molecule has 3 N–H and O–H groups in total. The summed E-state index contributed by atoms with van der Waals surface area (Å²) in [5, 5.41) is 7.92. The lowest BCUT2D eigenvalue weighted by atomic mass is 10.2. The van der Waals surface area contributed by atoms with E-state index in [-0.39, 0.29) is 0 Å². The average Bonchev–Trinajstić information content (AvgIpc) is 2.42. The van der Waals surface area contributed by atoms with Crippen LogP contribution in [0.2, 0.25) is 0 Å². The average molecular weight is 273 g/mol. The van der Waals surface area contributed by atoms with Gasteiger partial charge in [0.1, 0.15) is 0 Å². The molecule has 2 aromatic rings. The zero-order chi connectivity index (χ0) is 8.72. The first-order valence-electron chi connectivity index (χ1n) is 3.59. The molecule has 0 aliphatic rings. The molecule has 0 radical (unpaired) electrons. The van der Waals surface area contributed by atoms with Gasteiger partial charge in [-0.2, -0.15) is 5.10 Å². The molecule has 62 valence electrons. The Morgan fingerprint density at radius 2 is 2.25 bits per heavy atom. The van der Waals surface area contributed by atoms with E-state index in [1.165, 1.54) is 5.56 Å². The largest absolute Gasteiger partial charge is 0.382 e. The first-order valence-corrected chi connectivity index (χ1v) is 4.66. The number of nitrogen functional groups attached to an aromatic ring is 1. The van der Waals surface area contributed by atoms with Crippen LogP contribution >= 0.6 is 22.6 Å². The molecule has 0 saturated heterocycles. The first-order chi connectivity index (χ1) is 5.70. The molecule has 0 bridgehead atoms. The molecule has 0 saturated carbocycles. The number of aromatic nitrogens is 2. The number of fused-ring (bicyclic) bond motifs is 1. The summed E-state index contributed by atoms with van der Waals surface area (Å²) in [7, 11) is 0. The topological polar surface area (TPSA) is 54.7 Å². The van der Waals surface area contributed by atoms with Crippen LogP contribution in [0.4, 0.5) is 5.82 Å². The number of benzene rings is 1. The zero-order valence-electron chi connectivity index (χ0n) is 6.56. The fourth-order valence-corrected chi connectivity index (χ4v) is 1.97. The van der Waals surface area contributed by atoms with E-state index in [0.29, 0.717) is 5.82 Å². The number of aromatic amines is 1. The fourth-order valence-electron chi connectivity index (χ4n) is 1.25. The Morgan fingerprint density at radius 3 is 2.92 bits per heavy atom. The number of nitrogens with zero attached hydrogens (tertiary/aromatic N) is 1. The van der Waals surface area contributed by atoms with E-state index < -0.39 is 0 Å². The van der Waals surface area contributed by atoms with E-state index in [1.54, 1.807) is 0 Å². The molecule has 0 unspecified atom stereocenters. The second kappa shape index (κ2) is 2.62. The molecular formula is C8H8IN3. The van der Waals surface area contributed by atoms with Gasteiger partial charge in [0.2, 0.25) is 0 Å². The van der Waals surface area contributed by atoms with Gasteiger partial charge in [-0.05, 0) is 41.1 Å². The lowest BCUT2D eigenvalue weighted by Gasteiger charge is -1.97. The number of aryl methyl sites for hydroxylation is 1. The van der Waals surface area contributed by atoms with Crippen LogP contribution in [0.15, 0.2) is 12.1 Å². The third-order valence-corrected chi connectivity index (χ3v) is 2.81. The van der Waals surface area contributed by atoms with Crippen LogP contribution in [0.3, 0.4) is 0 Å². The van der Waals surface area contributed by atoms with Gasteiger partial charge in [-0.1, -0.05) is 6.07 Å². The molecule has 0 atom stereocenters. The highest BCUT2D eigenvalue weighted by molar-refractivity contribution is 14.1. The van der Waals surface area contributed by atoms with E-state index in [2.05, 4.69) is 38.9 Å². The SMILES string of the molecule is Cc1ccc(I)c2c(N)n[nH]c12. The van der Waals surface area contributed by atoms with Gasteiger partial charge in [0.05, 0.1) is 10.9 Å². The Kier molecular flexibility index (Phi) is 1.71. The Labute approximate surface area is 83.5 Å². The summed E-state index contributed by atoms with van der Waals surface area (Å²) in [4.78, 5) is 0. The Bertz CT molecular complexity index is 433. The van der Waals surface area contributed by atoms with Gasteiger partial charge < -0.3 is 5.73 Å². The maximum absolute atomic E-state index is 5.70. The highest BCUT2D eigenvalue weighted by atomic mass is 127. The zero-order valence-corrected chi connectivity index (χ0v) is 8.71. The van der Waals surface area contributed by atoms with Gasteiger partial charge in [-0.15, -0.1) is 0 Å². The van der Waals surface area contributed by atoms with Crippen LogP contribution in [0.1, 0.15) is 5.56 Å². The number of anilines is 1. The van der Waals surface area contributed by atoms with E-state index in [9.17, 15) is 0 Å². The molecule has 0 spiro atoms. The molecule has 0 amide bonds. The number of halogens is 1. The summed E-state index contributed by atoms with van der Waals surface area (Å²) in [6.07, 6.45) is 0. The lowest BCUT2D eigenvalue weighted by Crippen LogP contribution is -1.86. The monoisotopic (exact) mass is 273 g/mol. The first kappa shape index (κ1) is 7.85. The molecule has 0 aliphatic carbocycles. The van der Waals surface area contributed by atoms with Crippen molar-refractivity contribution in [3.05, 3.63) is 21.3 Å². The predicted molar refractivity (Wildman–Crippen MR) is 58.0 cm³/mol. The molecule has 1 aromatic carbocycles. The van der Waals surface area contributed by atoms with E-state index in [0.717, 1.165) is 14.5 Å². The van der Waals surface area contributed by atoms with Gasteiger partial charge in [0, 0.05) is 3.57 Å². The maximum Gasteiger partial charge on any atom is 0.154 e. The molecule has 3 nitrogen and oxygen atoms in total. The highest BCUT2D eigenvalue weighted by Crippen LogP contribution is 2.25. The minimum atomic E-state index is 0.582. The second-order valence-electron chi connectivity index (χ2n) is 2.72. The van der Waals surface area contributed by atoms with Gasteiger partial charge in [-0.3, -0.25) is 5.10 Å². The molecular weight excluding hydrogens is 265 g/mol. The normalized spacial score (nSPS) is 10.8. The number of hydrogen-bond acceptors (Lipinski definition) is 2. The summed E-state index contributed by atoms with van der Waals surface area (Å²) < 4.78 is 1.14. The summed E-state index contributed by atoms with van der Waals surface area (Å²) in [5.41, 5.74) is 7.92. The number of nitrogens with one attached hydrogen (secondary N) is 1. The van der Waals surface area contributed by atoms with Crippen LogP contribution < -0.4 is 5.73 Å². The minimum absolute atomic E-state index is 0.582. The maximum atomic E-state index is 5.70. The minimum Gasteiger partial charge on any atom is -0.382 e.